The number of nitrogens with zero attached hydrogens (tertiary/aromatic N) is 3. The van der Waals surface area contributed by atoms with Crippen molar-refractivity contribution >= 4 is 5.78 Å². The molecule has 92 valence electrons. The lowest BCUT2D eigenvalue weighted by molar-refractivity contribution is -0.142. The Hall–Kier alpha value is -1.22. The van der Waals surface area contributed by atoms with Gasteiger partial charge in [-0.2, -0.15) is 0 Å². The molecule has 1 unspecified atom stereocenters. The van der Waals surface area contributed by atoms with E-state index in [-0.39, 0.29) is 0 Å². The molecule has 0 spiro atoms. The summed E-state index contributed by atoms with van der Waals surface area (Å²) in [5.74, 6) is -1.09. The van der Waals surface area contributed by atoms with Gasteiger partial charge in [0.05, 0.1) is 18.8 Å². The van der Waals surface area contributed by atoms with Crippen LogP contribution < -0.4 is 0 Å². The number of hydrogen-bond donors (Lipinski definition) is 5. The van der Waals surface area contributed by atoms with Crippen molar-refractivity contribution in [2.75, 3.05) is 13.2 Å². The Kier molecular flexibility index (Phi) is 6.58. The van der Waals surface area contributed by atoms with Gasteiger partial charge in [0.15, 0.2) is 5.78 Å². The minimum atomic E-state index is -2.01. The zero-order valence-electron chi connectivity index (χ0n) is 8.21. The molecule has 4 atom stereocenters. The Bertz CT molecular complexity index is 279. The number of aliphatic hydroxyl groups excluding tert-OH is 5. The fraction of sp³-hybridized carbons (Fsp3) is 0.857. The highest BCUT2D eigenvalue weighted by atomic mass is 16.4. The number of ketones is 1. The fourth-order valence-corrected chi connectivity index (χ4v) is 0.978. The second-order valence-corrected chi connectivity index (χ2v) is 3.01. The number of carbonyl (C=O) groups excluding carboxylic acids is 1. The summed E-state index contributed by atoms with van der Waals surface area (Å²) in [5.41, 5.74) is 8.08. The Labute approximate surface area is 90.2 Å². The standard InChI is InChI=1S/C7H13N3O6/c8-10-9-3(1-11)5(14)7(16)6(15)4(13)2-12/h3,5-7,11-12,14-16H,1-2H2/t3?,5-,6+,7-/m1/s1. The van der Waals surface area contributed by atoms with Crippen LogP contribution in [-0.4, -0.2) is 68.9 Å². The highest BCUT2D eigenvalue weighted by Gasteiger charge is 2.33. The molecule has 0 aromatic rings. The molecule has 9 heteroatoms. The average molecular weight is 235 g/mol. The molecule has 0 aliphatic heterocycles. The summed E-state index contributed by atoms with van der Waals surface area (Å²) in [4.78, 5) is 13.1. The topological polar surface area (TPSA) is 167 Å². The van der Waals surface area contributed by atoms with E-state index in [0.29, 0.717) is 0 Å². The van der Waals surface area contributed by atoms with Crippen molar-refractivity contribution in [2.45, 2.75) is 24.4 Å². The lowest BCUT2D eigenvalue weighted by atomic mass is 9.99. The number of azide groups is 1. The Morgan fingerprint density at radius 1 is 1.25 bits per heavy atom. The molecule has 0 aromatic heterocycles. The Morgan fingerprint density at radius 2 is 1.81 bits per heavy atom. The summed E-state index contributed by atoms with van der Waals surface area (Å²) in [6.07, 6.45) is -5.78. The van der Waals surface area contributed by atoms with Crippen LogP contribution in [0.1, 0.15) is 0 Å². The van der Waals surface area contributed by atoms with Crippen molar-refractivity contribution in [2.24, 2.45) is 5.11 Å². The van der Waals surface area contributed by atoms with Crippen LogP contribution in [0.25, 0.3) is 10.4 Å². The number of Topliss-reactive ketones (excluding diaryl/α,β-unsaturated/α-hetero) is 1. The van der Waals surface area contributed by atoms with Crippen molar-refractivity contribution in [1.29, 1.82) is 0 Å². The molecular weight excluding hydrogens is 222 g/mol. The predicted octanol–water partition coefficient (Wildman–Crippen LogP) is -2.70. The van der Waals surface area contributed by atoms with E-state index < -0.39 is 43.4 Å². The first-order valence-corrected chi connectivity index (χ1v) is 4.32. The van der Waals surface area contributed by atoms with Crippen LogP contribution in [0.4, 0.5) is 0 Å². The van der Waals surface area contributed by atoms with E-state index in [9.17, 15) is 15.0 Å². The third-order valence-corrected chi connectivity index (χ3v) is 1.94. The third-order valence-electron chi connectivity index (χ3n) is 1.94. The molecule has 0 aliphatic carbocycles. The van der Waals surface area contributed by atoms with Gasteiger partial charge in [-0.25, -0.2) is 0 Å². The molecule has 0 bridgehead atoms. The van der Waals surface area contributed by atoms with Crippen molar-refractivity contribution < 1.29 is 30.3 Å². The molecule has 0 fully saturated rings. The van der Waals surface area contributed by atoms with E-state index in [1.165, 1.54) is 0 Å². The predicted molar refractivity (Wildman–Crippen MR) is 50.1 cm³/mol. The minimum absolute atomic E-state index is 0.762. The van der Waals surface area contributed by atoms with Crippen LogP contribution >= 0.6 is 0 Å². The SMILES string of the molecule is [N-]=[N+]=NC(CO)[C@@H](O)[C@@H](O)[C@@H](O)C(=O)CO. The maximum atomic E-state index is 10.8. The van der Waals surface area contributed by atoms with E-state index in [0.717, 1.165) is 0 Å². The van der Waals surface area contributed by atoms with Gasteiger partial charge in [-0.3, -0.25) is 4.79 Å². The normalized spacial score (nSPS) is 18.1. The summed E-state index contributed by atoms with van der Waals surface area (Å²) in [7, 11) is 0. The molecular formula is C7H13N3O6. The van der Waals surface area contributed by atoms with Crippen LogP contribution in [0.2, 0.25) is 0 Å². The van der Waals surface area contributed by atoms with E-state index in [1.54, 1.807) is 0 Å². The molecule has 0 aromatic carbocycles. The maximum absolute atomic E-state index is 10.8. The van der Waals surface area contributed by atoms with Gasteiger partial charge >= 0.3 is 0 Å². The zero-order valence-corrected chi connectivity index (χ0v) is 8.21. The van der Waals surface area contributed by atoms with Gasteiger partial charge in [-0.1, -0.05) is 5.11 Å². The fourth-order valence-electron chi connectivity index (χ4n) is 0.978. The molecule has 0 amide bonds. The summed E-state index contributed by atoms with van der Waals surface area (Å²) < 4.78 is 0. The Morgan fingerprint density at radius 3 is 2.19 bits per heavy atom. The van der Waals surface area contributed by atoms with Gasteiger partial charge in [0.2, 0.25) is 0 Å². The van der Waals surface area contributed by atoms with Crippen molar-refractivity contribution in [3.63, 3.8) is 0 Å². The smallest absolute Gasteiger partial charge is 0.189 e. The summed E-state index contributed by atoms with van der Waals surface area (Å²) >= 11 is 0. The molecule has 0 rings (SSSR count). The van der Waals surface area contributed by atoms with Gasteiger partial charge in [0, 0.05) is 4.91 Å². The maximum Gasteiger partial charge on any atom is 0.189 e. The van der Waals surface area contributed by atoms with E-state index in [2.05, 4.69) is 10.0 Å². The molecule has 0 saturated heterocycles. The van der Waals surface area contributed by atoms with Crippen molar-refractivity contribution in [3.8, 4) is 0 Å². The number of aliphatic hydroxyl groups is 5. The van der Waals surface area contributed by atoms with Gasteiger partial charge in [0.1, 0.15) is 18.8 Å². The molecule has 0 radical (unpaired) electrons. The van der Waals surface area contributed by atoms with Crippen LogP contribution in [0.15, 0.2) is 5.11 Å². The molecule has 0 heterocycles. The quantitative estimate of drug-likeness (QED) is 0.183. The van der Waals surface area contributed by atoms with Crippen LogP contribution in [0.3, 0.4) is 0 Å². The zero-order chi connectivity index (χ0) is 12.7. The average Bonchev–Trinajstić information content (AvgIpc) is 2.32. The second-order valence-electron chi connectivity index (χ2n) is 3.01. The highest BCUT2D eigenvalue weighted by Crippen LogP contribution is 2.09. The largest absolute Gasteiger partial charge is 0.396 e. The third kappa shape index (κ3) is 3.74. The number of carbonyl (C=O) groups is 1. The minimum Gasteiger partial charge on any atom is -0.396 e. The van der Waals surface area contributed by atoms with Crippen molar-refractivity contribution in [1.82, 2.24) is 0 Å². The second kappa shape index (κ2) is 7.12. The molecule has 9 nitrogen and oxygen atoms in total. The number of hydrogen-bond acceptors (Lipinski definition) is 7. The van der Waals surface area contributed by atoms with E-state index >= 15 is 0 Å². The number of rotatable bonds is 7. The van der Waals surface area contributed by atoms with Crippen LogP contribution in [0, 0.1) is 0 Å². The van der Waals surface area contributed by atoms with Gasteiger partial charge in [0.25, 0.3) is 0 Å². The van der Waals surface area contributed by atoms with E-state index in [4.69, 9.17) is 20.9 Å². The monoisotopic (exact) mass is 235 g/mol. The molecule has 0 aliphatic rings. The first-order valence-electron chi connectivity index (χ1n) is 4.32. The molecule has 16 heavy (non-hydrogen) atoms. The molecule has 5 N–H and O–H groups in total. The van der Waals surface area contributed by atoms with E-state index in [1.807, 2.05) is 0 Å². The van der Waals surface area contributed by atoms with Crippen LogP contribution in [0.5, 0.6) is 0 Å². The lowest BCUT2D eigenvalue weighted by Gasteiger charge is -2.24. The first kappa shape index (κ1) is 14.8. The Balaban J connectivity index is 4.63. The summed E-state index contributed by atoms with van der Waals surface area (Å²) in [6, 6.07) is -1.39. The summed E-state index contributed by atoms with van der Waals surface area (Å²) in [5, 5.41) is 47.8. The first-order chi connectivity index (χ1) is 7.49. The van der Waals surface area contributed by atoms with Gasteiger partial charge < -0.3 is 25.5 Å². The van der Waals surface area contributed by atoms with Crippen LogP contribution in [-0.2, 0) is 4.79 Å². The highest BCUT2D eigenvalue weighted by molar-refractivity contribution is 5.84. The van der Waals surface area contributed by atoms with Gasteiger partial charge in [-0.15, -0.1) is 0 Å². The lowest BCUT2D eigenvalue weighted by Crippen LogP contribution is -2.48. The molecule has 0 saturated carbocycles. The van der Waals surface area contributed by atoms with Gasteiger partial charge in [-0.05, 0) is 5.53 Å². The van der Waals surface area contributed by atoms with Crippen molar-refractivity contribution in [3.05, 3.63) is 10.4 Å². The summed E-state index contributed by atoms with van der Waals surface area (Å²) in [6.45, 7) is -1.77.